The molecule has 3 aromatic rings. The van der Waals surface area contributed by atoms with Gasteiger partial charge in [-0.2, -0.15) is 0 Å². The Labute approximate surface area is 142 Å². The maximum atomic E-state index is 14.2. The second-order valence-electron chi connectivity index (χ2n) is 4.35. The fourth-order valence-electron chi connectivity index (χ4n) is 2.19. The zero-order valence-electron chi connectivity index (χ0n) is 10.4. The van der Waals surface area contributed by atoms with Crippen molar-refractivity contribution in [1.82, 2.24) is 9.55 Å². The van der Waals surface area contributed by atoms with Crippen LogP contribution >= 0.6 is 45.8 Å². The quantitative estimate of drug-likeness (QED) is 0.392. The lowest BCUT2D eigenvalue weighted by Crippen LogP contribution is -2.03. The van der Waals surface area contributed by atoms with E-state index >= 15 is 0 Å². The van der Waals surface area contributed by atoms with E-state index in [-0.39, 0.29) is 16.6 Å². The van der Waals surface area contributed by atoms with Crippen LogP contribution in [0.4, 0.5) is 8.78 Å². The molecule has 108 valence electrons. The van der Waals surface area contributed by atoms with Crippen LogP contribution in [0.5, 0.6) is 0 Å². The fraction of sp³-hybridized carbons (Fsp3) is 0.0714. The number of alkyl halides is 1. The molecular formula is C14H7Cl2F2IN2. The Morgan fingerprint density at radius 3 is 2.62 bits per heavy atom. The third-order valence-electron chi connectivity index (χ3n) is 3.01. The summed E-state index contributed by atoms with van der Waals surface area (Å²) in [5, 5.41) is -0.0308. The van der Waals surface area contributed by atoms with Crippen molar-refractivity contribution in [2.45, 2.75) is 5.88 Å². The van der Waals surface area contributed by atoms with Crippen LogP contribution in [0.1, 0.15) is 5.82 Å². The van der Waals surface area contributed by atoms with Gasteiger partial charge in [0.05, 0.1) is 21.9 Å². The van der Waals surface area contributed by atoms with E-state index in [0.29, 0.717) is 16.9 Å². The second-order valence-corrected chi connectivity index (χ2v) is 6.27. The first-order valence-electron chi connectivity index (χ1n) is 5.89. The van der Waals surface area contributed by atoms with Gasteiger partial charge in [-0.3, -0.25) is 4.57 Å². The van der Waals surface area contributed by atoms with Crippen molar-refractivity contribution in [3.05, 3.63) is 56.4 Å². The molecule has 0 saturated heterocycles. The zero-order valence-corrected chi connectivity index (χ0v) is 14.0. The number of rotatable bonds is 2. The highest BCUT2D eigenvalue weighted by Gasteiger charge is 2.19. The van der Waals surface area contributed by atoms with Crippen LogP contribution in [0, 0.1) is 15.2 Å². The molecule has 0 amide bonds. The van der Waals surface area contributed by atoms with Gasteiger partial charge in [-0.25, -0.2) is 13.8 Å². The Morgan fingerprint density at radius 1 is 1.19 bits per heavy atom. The van der Waals surface area contributed by atoms with E-state index in [1.54, 1.807) is 6.07 Å². The molecule has 0 spiro atoms. The van der Waals surface area contributed by atoms with Crippen molar-refractivity contribution in [3.8, 4) is 5.69 Å². The van der Waals surface area contributed by atoms with Crippen LogP contribution in [-0.2, 0) is 5.88 Å². The molecule has 1 aromatic heterocycles. The number of halogens is 5. The number of fused-ring (bicyclic) bond motifs is 1. The average molecular weight is 439 g/mol. The molecular weight excluding hydrogens is 432 g/mol. The summed E-state index contributed by atoms with van der Waals surface area (Å²) < 4.78 is 29.9. The Bertz CT molecular complexity index is 825. The first-order chi connectivity index (χ1) is 10.0. The molecule has 1 heterocycles. The molecule has 2 aromatic carbocycles. The van der Waals surface area contributed by atoms with Crippen molar-refractivity contribution < 1.29 is 8.78 Å². The van der Waals surface area contributed by atoms with Crippen molar-refractivity contribution >= 4 is 56.8 Å². The number of hydrogen-bond donors (Lipinski definition) is 0. The highest BCUT2D eigenvalue weighted by Crippen LogP contribution is 2.31. The monoisotopic (exact) mass is 438 g/mol. The van der Waals surface area contributed by atoms with Crippen LogP contribution in [-0.4, -0.2) is 9.55 Å². The average Bonchev–Trinajstić information content (AvgIpc) is 2.75. The van der Waals surface area contributed by atoms with Gasteiger partial charge in [-0.15, -0.1) is 11.6 Å². The second kappa shape index (κ2) is 5.70. The minimum atomic E-state index is -0.760. The van der Waals surface area contributed by atoms with E-state index in [1.807, 2.05) is 12.1 Å². The van der Waals surface area contributed by atoms with Crippen LogP contribution in [0.25, 0.3) is 16.7 Å². The van der Waals surface area contributed by atoms with Gasteiger partial charge in [0.1, 0.15) is 17.3 Å². The van der Waals surface area contributed by atoms with E-state index in [9.17, 15) is 8.78 Å². The number of aromatic nitrogens is 2. The Hall–Kier alpha value is -0.920. The van der Waals surface area contributed by atoms with Gasteiger partial charge in [-0.05, 0) is 46.9 Å². The topological polar surface area (TPSA) is 17.8 Å². The zero-order chi connectivity index (χ0) is 15.1. The molecule has 0 bridgehead atoms. The van der Waals surface area contributed by atoms with Crippen molar-refractivity contribution in [3.63, 3.8) is 0 Å². The van der Waals surface area contributed by atoms with Crippen LogP contribution in [0.3, 0.4) is 0 Å². The minimum Gasteiger partial charge on any atom is -0.291 e. The summed E-state index contributed by atoms with van der Waals surface area (Å²) in [6.45, 7) is 0. The normalized spacial score (nSPS) is 11.3. The maximum absolute atomic E-state index is 14.2. The first kappa shape index (κ1) is 15.0. The summed E-state index contributed by atoms with van der Waals surface area (Å²) >= 11 is 14.1. The van der Waals surface area contributed by atoms with E-state index < -0.39 is 11.6 Å². The van der Waals surface area contributed by atoms with E-state index in [0.717, 1.165) is 15.7 Å². The van der Waals surface area contributed by atoms with E-state index in [1.165, 1.54) is 4.57 Å². The van der Waals surface area contributed by atoms with Crippen LogP contribution in [0.15, 0.2) is 30.3 Å². The van der Waals surface area contributed by atoms with Crippen LogP contribution < -0.4 is 0 Å². The number of hydrogen-bond acceptors (Lipinski definition) is 1. The third-order valence-corrected chi connectivity index (χ3v) is 4.21. The van der Waals surface area contributed by atoms with Gasteiger partial charge >= 0.3 is 0 Å². The Morgan fingerprint density at radius 2 is 1.95 bits per heavy atom. The van der Waals surface area contributed by atoms with Gasteiger partial charge < -0.3 is 0 Å². The number of imidazole rings is 1. The summed E-state index contributed by atoms with van der Waals surface area (Å²) in [4.78, 5) is 4.38. The Balaban J connectivity index is 2.39. The molecule has 2 nitrogen and oxygen atoms in total. The number of benzene rings is 2. The number of nitrogens with zero attached hydrogens (tertiary/aromatic N) is 2. The molecule has 0 saturated carbocycles. The van der Waals surface area contributed by atoms with Gasteiger partial charge in [-0.1, -0.05) is 11.6 Å². The Kier molecular flexibility index (Phi) is 4.07. The summed E-state index contributed by atoms with van der Waals surface area (Å²) in [5.41, 5.74) is 1.40. The summed E-state index contributed by atoms with van der Waals surface area (Å²) in [6, 6.07) is 7.39. The van der Waals surface area contributed by atoms with Gasteiger partial charge in [0.15, 0.2) is 5.82 Å². The predicted octanol–water partition coefficient (Wildman–Crippen LogP) is 5.30. The van der Waals surface area contributed by atoms with Crippen molar-refractivity contribution in [2.24, 2.45) is 0 Å². The lowest BCUT2D eigenvalue weighted by Gasteiger charge is -2.11. The molecule has 0 atom stereocenters. The summed E-state index contributed by atoms with van der Waals surface area (Å²) in [5.74, 6) is -0.962. The largest absolute Gasteiger partial charge is 0.291 e. The molecule has 0 aliphatic rings. The standard InChI is InChI=1S/C14H7Cl2F2IN2/c15-6-13-20-11-5-8(19)1-2-12(11)21(13)14-9(16)3-7(17)4-10(14)18/h1-5H,6H2. The molecule has 0 radical (unpaired) electrons. The van der Waals surface area contributed by atoms with Crippen LogP contribution in [0.2, 0.25) is 5.02 Å². The highest BCUT2D eigenvalue weighted by molar-refractivity contribution is 14.1. The lowest BCUT2D eigenvalue weighted by molar-refractivity contribution is 0.578. The van der Waals surface area contributed by atoms with Gasteiger partial charge in [0.2, 0.25) is 0 Å². The predicted molar refractivity (Wildman–Crippen MR) is 88.3 cm³/mol. The van der Waals surface area contributed by atoms with Gasteiger partial charge in [0.25, 0.3) is 0 Å². The molecule has 0 unspecified atom stereocenters. The van der Waals surface area contributed by atoms with Crippen molar-refractivity contribution in [2.75, 3.05) is 0 Å². The summed E-state index contributed by atoms with van der Waals surface area (Å²) in [7, 11) is 0. The first-order valence-corrected chi connectivity index (χ1v) is 7.88. The van der Waals surface area contributed by atoms with Crippen molar-refractivity contribution in [1.29, 1.82) is 0 Å². The molecule has 0 aliphatic carbocycles. The third kappa shape index (κ3) is 2.62. The molecule has 0 fully saturated rings. The molecule has 3 rings (SSSR count). The maximum Gasteiger partial charge on any atom is 0.151 e. The van der Waals surface area contributed by atoms with Gasteiger partial charge in [0, 0.05) is 9.64 Å². The smallest absolute Gasteiger partial charge is 0.151 e. The lowest BCUT2D eigenvalue weighted by atomic mass is 10.2. The minimum absolute atomic E-state index is 0.0308. The fourth-order valence-corrected chi connectivity index (χ4v) is 3.12. The van der Waals surface area contributed by atoms with E-state index in [4.69, 9.17) is 23.2 Å². The molecule has 21 heavy (non-hydrogen) atoms. The highest BCUT2D eigenvalue weighted by atomic mass is 127. The summed E-state index contributed by atoms with van der Waals surface area (Å²) in [6.07, 6.45) is 0. The SMILES string of the molecule is Fc1cc(F)c(-n2c(CCl)nc3cc(I)ccc32)c(Cl)c1. The molecule has 7 heteroatoms. The molecule has 0 aliphatic heterocycles. The van der Waals surface area contributed by atoms with E-state index in [2.05, 4.69) is 27.6 Å². The molecule has 0 N–H and O–H groups in total.